The molecule has 1 aliphatic heterocycles. The van der Waals surface area contributed by atoms with Gasteiger partial charge in [0, 0.05) is 43.8 Å². The summed E-state index contributed by atoms with van der Waals surface area (Å²) in [6.07, 6.45) is 7.91. The summed E-state index contributed by atoms with van der Waals surface area (Å²) >= 11 is 0. The maximum absolute atomic E-state index is 12.7. The van der Waals surface area contributed by atoms with Crippen LogP contribution >= 0.6 is 0 Å². The van der Waals surface area contributed by atoms with Crippen LogP contribution in [-0.2, 0) is 0 Å². The van der Waals surface area contributed by atoms with Crippen molar-refractivity contribution in [2.75, 3.05) is 32.7 Å². The van der Waals surface area contributed by atoms with Gasteiger partial charge in [0.15, 0.2) is 0 Å². The number of rotatable bonds is 3. The van der Waals surface area contributed by atoms with Gasteiger partial charge in [0.2, 0.25) is 0 Å². The summed E-state index contributed by atoms with van der Waals surface area (Å²) in [5, 5.41) is 0. The smallest absolute Gasteiger partial charge is 0.254 e. The average molecular weight is 299 g/mol. The van der Waals surface area contributed by atoms with Crippen LogP contribution in [0, 0.1) is 0 Å². The second-order valence-corrected chi connectivity index (χ2v) is 5.45. The van der Waals surface area contributed by atoms with E-state index in [0.29, 0.717) is 11.4 Å². The number of hydrogen-bond donors (Lipinski definition) is 0. The molecule has 1 fully saturated rings. The Morgan fingerprint density at radius 2 is 2.14 bits per heavy atom. The number of hydrogen-bond acceptors (Lipinski definition) is 4. The van der Waals surface area contributed by atoms with Gasteiger partial charge in [0.1, 0.15) is 12.1 Å². The van der Waals surface area contributed by atoms with Crippen LogP contribution in [0.1, 0.15) is 23.7 Å². The van der Waals surface area contributed by atoms with Crippen LogP contribution in [-0.4, -0.2) is 63.0 Å². The molecule has 0 bridgehead atoms. The van der Waals surface area contributed by atoms with Crippen molar-refractivity contribution in [1.82, 2.24) is 24.3 Å². The van der Waals surface area contributed by atoms with E-state index >= 15 is 0 Å². The molecule has 1 aliphatic rings. The van der Waals surface area contributed by atoms with Gasteiger partial charge in [0.25, 0.3) is 5.91 Å². The first-order valence-corrected chi connectivity index (χ1v) is 7.74. The molecule has 3 rings (SSSR count). The molecule has 0 radical (unpaired) electrons. The van der Waals surface area contributed by atoms with Crippen LogP contribution in [0.3, 0.4) is 0 Å². The van der Waals surface area contributed by atoms with Crippen LogP contribution < -0.4 is 0 Å². The van der Waals surface area contributed by atoms with E-state index in [0.717, 1.165) is 39.1 Å². The van der Waals surface area contributed by atoms with Crippen LogP contribution in [0.25, 0.3) is 5.82 Å². The predicted molar refractivity (Wildman–Crippen MR) is 84.0 cm³/mol. The fourth-order valence-corrected chi connectivity index (χ4v) is 2.76. The number of carbonyl (C=O) groups excluding carboxylic acids is 1. The molecule has 6 heteroatoms. The molecule has 116 valence electrons. The Labute approximate surface area is 130 Å². The molecule has 0 saturated carbocycles. The molecule has 2 aromatic heterocycles. The number of aromatic nitrogens is 3. The van der Waals surface area contributed by atoms with E-state index in [4.69, 9.17) is 0 Å². The van der Waals surface area contributed by atoms with E-state index in [9.17, 15) is 4.79 Å². The Kier molecular flexibility index (Phi) is 4.48. The van der Waals surface area contributed by atoms with Gasteiger partial charge < -0.3 is 9.80 Å². The minimum Gasteiger partial charge on any atom is -0.337 e. The number of imidazole rings is 1. The van der Waals surface area contributed by atoms with E-state index in [1.807, 2.05) is 17.2 Å². The van der Waals surface area contributed by atoms with Crippen molar-refractivity contribution in [1.29, 1.82) is 0 Å². The van der Waals surface area contributed by atoms with Crippen molar-refractivity contribution in [3.63, 3.8) is 0 Å². The third kappa shape index (κ3) is 3.17. The molecule has 0 N–H and O–H groups in total. The zero-order valence-corrected chi connectivity index (χ0v) is 12.9. The second kappa shape index (κ2) is 6.70. The molecule has 1 amide bonds. The molecule has 0 spiro atoms. The number of amides is 1. The van der Waals surface area contributed by atoms with Gasteiger partial charge in [-0.15, -0.1) is 0 Å². The quantitative estimate of drug-likeness (QED) is 0.860. The highest BCUT2D eigenvalue weighted by Gasteiger charge is 2.20. The maximum Gasteiger partial charge on any atom is 0.254 e. The summed E-state index contributed by atoms with van der Waals surface area (Å²) in [5.74, 6) is 0.801. The van der Waals surface area contributed by atoms with Gasteiger partial charge in [-0.1, -0.05) is 6.92 Å². The Morgan fingerprint density at radius 1 is 1.23 bits per heavy atom. The second-order valence-electron chi connectivity index (χ2n) is 5.45. The zero-order chi connectivity index (χ0) is 15.4. The number of pyridine rings is 1. The summed E-state index contributed by atoms with van der Waals surface area (Å²) in [4.78, 5) is 25.4. The maximum atomic E-state index is 12.7. The molecule has 0 aromatic carbocycles. The topological polar surface area (TPSA) is 54.3 Å². The third-order valence-electron chi connectivity index (χ3n) is 4.08. The van der Waals surface area contributed by atoms with Gasteiger partial charge in [-0.25, -0.2) is 9.97 Å². The summed E-state index contributed by atoms with van der Waals surface area (Å²) in [5.41, 5.74) is 0.684. The molecule has 1 saturated heterocycles. The van der Waals surface area contributed by atoms with Crippen molar-refractivity contribution in [3.05, 3.63) is 42.6 Å². The SMILES string of the molecule is CCN1CCCN(C(=O)c2ccnc(-n3ccnc3)c2)CC1. The van der Waals surface area contributed by atoms with Crippen molar-refractivity contribution in [2.45, 2.75) is 13.3 Å². The number of carbonyl (C=O) groups is 1. The first-order chi connectivity index (χ1) is 10.8. The molecular formula is C16H21N5O. The summed E-state index contributed by atoms with van der Waals surface area (Å²) < 4.78 is 1.80. The van der Waals surface area contributed by atoms with E-state index in [-0.39, 0.29) is 5.91 Å². The zero-order valence-electron chi connectivity index (χ0n) is 12.9. The Morgan fingerprint density at radius 3 is 2.91 bits per heavy atom. The van der Waals surface area contributed by atoms with E-state index in [1.54, 1.807) is 29.4 Å². The summed E-state index contributed by atoms with van der Waals surface area (Å²) in [6.45, 7) is 6.83. The van der Waals surface area contributed by atoms with Crippen LogP contribution in [0.5, 0.6) is 0 Å². The van der Waals surface area contributed by atoms with Crippen LogP contribution in [0.4, 0.5) is 0 Å². The lowest BCUT2D eigenvalue weighted by atomic mass is 10.2. The lowest BCUT2D eigenvalue weighted by molar-refractivity contribution is 0.0761. The Balaban J connectivity index is 1.76. The lowest BCUT2D eigenvalue weighted by Crippen LogP contribution is -2.35. The van der Waals surface area contributed by atoms with E-state index < -0.39 is 0 Å². The fourth-order valence-electron chi connectivity index (χ4n) is 2.76. The minimum absolute atomic E-state index is 0.0849. The van der Waals surface area contributed by atoms with Gasteiger partial charge >= 0.3 is 0 Å². The molecule has 0 aliphatic carbocycles. The average Bonchev–Trinajstić information content (AvgIpc) is 2.99. The standard InChI is InChI=1S/C16H21N5O/c1-2-19-7-3-8-20(11-10-19)16(22)14-4-5-18-15(12-14)21-9-6-17-13-21/h4-6,9,12-13H,2-3,7-8,10-11H2,1H3. The minimum atomic E-state index is 0.0849. The fraction of sp³-hybridized carbons (Fsp3) is 0.438. The molecule has 0 atom stereocenters. The van der Waals surface area contributed by atoms with Gasteiger partial charge in [-0.2, -0.15) is 0 Å². The first-order valence-electron chi connectivity index (χ1n) is 7.74. The summed E-state index contributed by atoms with van der Waals surface area (Å²) in [7, 11) is 0. The molecule has 22 heavy (non-hydrogen) atoms. The van der Waals surface area contributed by atoms with Crippen LogP contribution in [0.15, 0.2) is 37.1 Å². The molecule has 0 unspecified atom stereocenters. The Bertz CT molecular complexity index is 625. The van der Waals surface area contributed by atoms with Gasteiger partial charge in [-0.3, -0.25) is 9.36 Å². The monoisotopic (exact) mass is 299 g/mol. The van der Waals surface area contributed by atoms with Crippen molar-refractivity contribution < 1.29 is 4.79 Å². The molecule has 6 nitrogen and oxygen atoms in total. The molecule has 2 aromatic rings. The van der Waals surface area contributed by atoms with E-state index in [2.05, 4.69) is 21.8 Å². The first kappa shape index (κ1) is 14.7. The van der Waals surface area contributed by atoms with E-state index in [1.165, 1.54) is 0 Å². The predicted octanol–water partition coefficient (Wildman–Crippen LogP) is 1.44. The summed E-state index contributed by atoms with van der Waals surface area (Å²) in [6, 6.07) is 3.61. The highest BCUT2D eigenvalue weighted by atomic mass is 16.2. The third-order valence-corrected chi connectivity index (χ3v) is 4.08. The van der Waals surface area contributed by atoms with Gasteiger partial charge in [-0.05, 0) is 31.6 Å². The number of likely N-dealkylation sites (N-methyl/N-ethyl adjacent to an activating group) is 1. The highest BCUT2D eigenvalue weighted by Crippen LogP contribution is 2.12. The van der Waals surface area contributed by atoms with Crippen LogP contribution in [0.2, 0.25) is 0 Å². The van der Waals surface area contributed by atoms with Crippen molar-refractivity contribution in [2.24, 2.45) is 0 Å². The normalized spacial score (nSPS) is 16.5. The highest BCUT2D eigenvalue weighted by molar-refractivity contribution is 5.94. The molecular weight excluding hydrogens is 278 g/mol. The number of nitrogens with zero attached hydrogens (tertiary/aromatic N) is 5. The van der Waals surface area contributed by atoms with Gasteiger partial charge in [0.05, 0.1) is 0 Å². The molecule has 3 heterocycles. The largest absolute Gasteiger partial charge is 0.337 e. The Hall–Kier alpha value is -2.21. The van der Waals surface area contributed by atoms with Crippen molar-refractivity contribution in [3.8, 4) is 5.82 Å². The lowest BCUT2D eigenvalue weighted by Gasteiger charge is -2.21. The van der Waals surface area contributed by atoms with Crippen molar-refractivity contribution >= 4 is 5.91 Å².